The predicted molar refractivity (Wildman–Crippen MR) is 86.1 cm³/mol. The van der Waals surface area contributed by atoms with E-state index in [-0.39, 0.29) is 25.1 Å². The second-order valence-corrected chi connectivity index (χ2v) is 5.69. The van der Waals surface area contributed by atoms with Gasteiger partial charge in [-0.15, -0.1) is 0 Å². The van der Waals surface area contributed by atoms with Crippen molar-refractivity contribution in [1.82, 2.24) is 0 Å². The van der Waals surface area contributed by atoms with Gasteiger partial charge >= 0.3 is 11.9 Å². The Morgan fingerprint density at radius 3 is 2.43 bits per heavy atom. The Hall–Kier alpha value is -1.15. The number of hydrogen-bond donors (Lipinski definition) is 0. The third-order valence-corrected chi connectivity index (χ3v) is 3.53. The fourth-order valence-corrected chi connectivity index (χ4v) is 1.78. The van der Waals surface area contributed by atoms with Gasteiger partial charge in [0, 0.05) is 17.1 Å². The minimum Gasteiger partial charge on any atom is -0.465 e. The van der Waals surface area contributed by atoms with Gasteiger partial charge < -0.3 is 14.2 Å². The van der Waals surface area contributed by atoms with Gasteiger partial charge in [0.15, 0.2) is 0 Å². The highest BCUT2D eigenvalue weighted by Gasteiger charge is 2.09. The zero-order chi connectivity index (χ0) is 15.7. The summed E-state index contributed by atoms with van der Waals surface area (Å²) in [4.78, 5) is 23.1. The van der Waals surface area contributed by atoms with Crippen LogP contribution in [0.3, 0.4) is 0 Å². The van der Waals surface area contributed by atoms with E-state index in [2.05, 4.69) is 22.6 Å². The SMILES string of the molecule is CO[C@H](C)CCOC(=O)CCOC(=O)c1ccc(I)cc1. The molecule has 0 aliphatic rings. The van der Waals surface area contributed by atoms with Crippen molar-refractivity contribution >= 4 is 34.5 Å². The molecule has 1 aromatic rings. The zero-order valence-electron chi connectivity index (χ0n) is 12.1. The van der Waals surface area contributed by atoms with E-state index >= 15 is 0 Å². The van der Waals surface area contributed by atoms with Gasteiger partial charge in [0.05, 0.1) is 24.7 Å². The number of rotatable bonds is 8. The molecule has 0 saturated carbocycles. The number of hydrogen-bond acceptors (Lipinski definition) is 5. The monoisotopic (exact) mass is 406 g/mol. The van der Waals surface area contributed by atoms with E-state index in [1.54, 1.807) is 19.2 Å². The first kappa shape index (κ1) is 17.9. The largest absolute Gasteiger partial charge is 0.465 e. The molecule has 0 aliphatic carbocycles. The second kappa shape index (κ2) is 9.73. The molecule has 1 rings (SSSR count). The smallest absolute Gasteiger partial charge is 0.338 e. The van der Waals surface area contributed by atoms with Gasteiger partial charge in [-0.3, -0.25) is 4.79 Å². The first-order valence-electron chi connectivity index (χ1n) is 6.64. The lowest BCUT2D eigenvalue weighted by atomic mass is 10.2. The molecule has 0 heterocycles. The van der Waals surface area contributed by atoms with Crippen LogP contribution in [0.4, 0.5) is 0 Å². The summed E-state index contributed by atoms with van der Waals surface area (Å²) >= 11 is 2.15. The van der Waals surface area contributed by atoms with E-state index in [4.69, 9.17) is 14.2 Å². The van der Waals surface area contributed by atoms with Crippen LogP contribution in [0.1, 0.15) is 30.1 Å². The molecule has 6 heteroatoms. The van der Waals surface area contributed by atoms with Crippen molar-refractivity contribution in [2.45, 2.75) is 25.9 Å². The molecular weight excluding hydrogens is 387 g/mol. The molecule has 0 radical (unpaired) electrons. The molecule has 0 unspecified atom stereocenters. The fourth-order valence-electron chi connectivity index (χ4n) is 1.43. The van der Waals surface area contributed by atoms with Crippen LogP contribution in [0.2, 0.25) is 0 Å². The van der Waals surface area contributed by atoms with Crippen molar-refractivity contribution in [3.8, 4) is 0 Å². The van der Waals surface area contributed by atoms with Crippen LogP contribution in [0.15, 0.2) is 24.3 Å². The maximum absolute atomic E-state index is 11.7. The Morgan fingerprint density at radius 1 is 1.14 bits per heavy atom. The van der Waals surface area contributed by atoms with Crippen molar-refractivity contribution in [1.29, 1.82) is 0 Å². The van der Waals surface area contributed by atoms with Crippen molar-refractivity contribution in [2.75, 3.05) is 20.3 Å². The molecule has 0 bridgehead atoms. The predicted octanol–water partition coefficient (Wildman–Crippen LogP) is 2.81. The average molecular weight is 406 g/mol. The van der Waals surface area contributed by atoms with Crippen LogP contribution in [-0.2, 0) is 19.0 Å². The van der Waals surface area contributed by atoms with Crippen molar-refractivity contribution in [3.63, 3.8) is 0 Å². The van der Waals surface area contributed by atoms with Crippen LogP contribution in [-0.4, -0.2) is 38.4 Å². The van der Waals surface area contributed by atoms with Crippen molar-refractivity contribution in [2.24, 2.45) is 0 Å². The number of ether oxygens (including phenoxy) is 3. The third kappa shape index (κ3) is 7.42. The highest BCUT2D eigenvalue weighted by molar-refractivity contribution is 14.1. The number of halogens is 1. The normalized spacial score (nSPS) is 11.8. The minimum absolute atomic E-state index is 0.0173. The number of methoxy groups -OCH3 is 1. The van der Waals surface area contributed by atoms with Gasteiger partial charge in [-0.1, -0.05) is 0 Å². The molecule has 0 aromatic heterocycles. The minimum atomic E-state index is -0.438. The van der Waals surface area contributed by atoms with E-state index in [0.29, 0.717) is 18.6 Å². The number of benzene rings is 1. The summed E-state index contributed by atoms with van der Waals surface area (Å²) in [7, 11) is 1.61. The summed E-state index contributed by atoms with van der Waals surface area (Å²) in [5.74, 6) is -0.819. The highest BCUT2D eigenvalue weighted by atomic mass is 127. The molecule has 0 spiro atoms. The molecular formula is C15H19IO5. The maximum Gasteiger partial charge on any atom is 0.338 e. The lowest BCUT2D eigenvalue weighted by molar-refractivity contribution is -0.145. The molecule has 0 saturated heterocycles. The third-order valence-electron chi connectivity index (χ3n) is 2.81. The van der Waals surface area contributed by atoms with Crippen LogP contribution < -0.4 is 0 Å². The van der Waals surface area contributed by atoms with E-state index in [1.807, 2.05) is 19.1 Å². The van der Waals surface area contributed by atoms with Gasteiger partial charge in [0.2, 0.25) is 0 Å². The Balaban J connectivity index is 2.19. The Kier molecular flexibility index (Phi) is 8.29. The molecule has 0 fully saturated rings. The standard InChI is InChI=1S/C15H19IO5/c1-11(19-2)7-9-20-14(17)8-10-21-15(18)12-3-5-13(16)6-4-12/h3-6,11H,7-10H2,1-2H3/t11-/m1/s1. The zero-order valence-corrected chi connectivity index (χ0v) is 14.3. The maximum atomic E-state index is 11.7. The van der Waals surface area contributed by atoms with Crippen molar-refractivity contribution in [3.05, 3.63) is 33.4 Å². The Morgan fingerprint density at radius 2 is 1.81 bits per heavy atom. The quantitative estimate of drug-likeness (QED) is 0.491. The number of carbonyl (C=O) groups excluding carboxylic acids is 2. The summed E-state index contributed by atoms with van der Waals surface area (Å²) in [6, 6.07) is 7.02. The van der Waals surface area contributed by atoms with Gasteiger partial charge in [0.1, 0.15) is 6.61 Å². The number of carbonyl (C=O) groups is 2. The Bertz CT molecular complexity index is 458. The van der Waals surface area contributed by atoms with E-state index in [9.17, 15) is 9.59 Å². The summed E-state index contributed by atoms with van der Waals surface area (Å²) in [5, 5.41) is 0. The average Bonchev–Trinajstić information content (AvgIpc) is 2.47. The summed E-state index contributed by atoms with van der Waals surface area (Å²) in [5.41, 5.74) is 0.470. The topological polar surface area (TPSA) is 61.8 Å². The summed E-state index contributed by atoms with van der Waals surface area (Å²) < 4.78 is 16.1. The van der Waals surface area contributed by atoms with Gasteiger partial charge in [-0.2, -0.15) is 0 Å². The van der Waals surface area contributed by atoms with Gasteiger partial charge in [-0.25, -0.2) is 4.79 Å². The van der Waals surface area contributed by atoms with Crippen molar-refractivity contribution < 1.29 is 23.8 Å². The van der Waals surface area contributed by atoms with Crippen LogP contribution >= 0.6 is 22.6 Å². The van der Waals surface area contributed by atoms with E-state index in [1.165, 1.54) is 0 Å². The number of esters is 2. The molecule has 21 heavy (non-hydrogen) atoms. The van der Waals surface area contributed by atoms with Gasteiger partial charge in [0.25, 0.3) is 0 Å². The molecule has 0 amide bonds. The first-order valence-corrected chi connectivity index (χ1v) is 7.72. The van der Waals surface area contributed by atoms with E-state index in [0.717, 1.165) is 3.57 Å². The second-order valence-electron chi connectivity index (χ2n) is 4.45. The first-order chi connectivity index (χ1) is 10.0. The van der Waals surface area contributed by atoms with Gasteiger partial charge in [-0.05, 0) is 53.8 Å². The van der Waals surface area contributed by atoms with Crippen LogP contribution in [0.5, 0.6) is 0 Å². The van der Waals surface area contributed by atoms with Crippen LogP contribution in [0.25, 0.3) is 0 Å². The molecule has 1 atom stereocenters. The molecule has 0 N–H and O–H groups in total. The molecule has 5 nitrogen and oxygen atoms in total. The Labute approximate surface area is 138 Å². The lowest BCUT2D eigenvalue weighted by Crippen LogP contribution is -2.15. The molecule has 0 aliphatic heterocycles. The van der Waals surface area contributed by atoms with E-state index < -0.39 is 5.97 Å². The molecule has 116 valence electrons. The summed E-state index contributed by atoms with van der Waals surface area (Å²) in [6.07, 6.45) is 0.749. The molecule has 1 aromatic carbocycles. The van der Waals surface area contributed by atoms with Crippen LogP contribution in [0, 0.1) is 3.57 Å². The highest BCUT2D eigenvalue weighted by Crippen LogP contribution is 2.08. The fraction of sp³-hybridized carbons (Fsp3) is 0.467. The summed E-state index contributed by atoms with van der Waals surface area (Å²) in [6.45, 7) is 2.22. The lowest BCUT2D eigenvalue weighted by Gasteiger charge is -2.09.